The molecule has 0 bridgehead atoms. The fraction of sp³-hybridized carbons (Fsp3) is 1.00. The van der Waals surface area contributed by atoms with Gasteiger partial charge < -0.3 is 15.0 Å². The lowest BCUT2D eigenvalue weighted by atomic mass is 9.88. The molecule has 0 aromatic carbocycles. The number of rotatable bonds is 4. The molecule has 0 spiro atoms. The first-order valence-corrected chi connectivity index (χ1v) is 9.38. The largest absolute Gasteiger partial charge is 0.375 e. The minimum atomic E-state index is 0. The van der Waals surface area contributed by atoms with Crippen molar-refractivity contribution in [3.8, 4) is 0 Å². The molecule has 130 valence electrons. The summed E-state index contributed by atoms with van der Waals surface area (Å²) >= 11 is 0. The lowest BCUT2D eigenvalue weighted by Crippen LogP contribution is -2.42. The Morgan fingerprint density at radius 3 is 2.09 bits per heavy atom. The number of hydrogen-bond acceptors (Lipinski definition) is 3. The molecule has 1 N–H and O–H groups in total. The summed E-state index contributed by atoms with van der Waals surface area (Å²) in [7, 11) is 0. The van der Waals surface area contributed by atoms with E-state index in [0.717, 1.165) is 11.8 Å². The summed E-state index contributed by atoms with van der Waals surface area (Å²) in [4.78, 5) is 2.69. The molecule has 0 radical (unpaired) electrons. The Morgan fingerprint density at radius 2 is 1.45 bits per heavy atom. The first-order chi connectivity index (χ1) is 10.3. The summed E-state index contributed by atoms with van der Waals surface area (Å²) in [6, 6.07) is 0. The van der Waals surface area contributed by atoms with E-state index in [-0.39, 0.29) is 12.4 Å². The van der Waals surface area contributed by atoms with Crippen molar-refractivity contribution in [1.82, 2.24) is 10.2 Å². The summed E-state index contributed by atoms with van der Waals surface area (Å²) in [5.74, 6) is 1.86. The predicted octanol–water partition coefficient (Wildman–Crippen LogP) is 3.47. The molecule has 3 aliphatic rings. The van der Waals surface area contributed by atoms with Crippen LogP contribution in [0.4, 0.5) is 0 Å². The Kier molecular flexibility index (Phi) is 7.96. The smallest absolute Gasteiger partial charge is 0.0603 e. The molecule has 2 aliphatic heterocycles. The minimum Gasteiger partial charge on any atom is -0.375 e. The molecule has 0 aromatic rings. The van der Waals surface area contributed by atoms with Crippen LogP contribution in [-0.2, 0) is 4.74 Å². The maximum absolute atomic E-state index is 6.38. The van der Waals surface area contributed by atoms with Gasteiger partial charge >= 0.3 is 0 Å². The van der Waals surface area contributed by atoms with Crippen LogP contribution >= 0.6 is 12.4 Å². The number of nitrogens with zero attached hydrogens (tertiary/aromatic N) is 1. The second-order valence-corrected chi connectivity index (χ2v) is 7.71. The van der Waals surface area contributed by atoms with Crippen LogP contribution in [0, 0.1) is 11.8 Å². The molecular formula is C18H35ClN2O. The first kappa shape index (κ1) is 18.5. The van der Waals surface area contributed by atoms with Crippen LogP contribution in [0.3, 0.4) is 0 Å². The maximum atomic E-state index is 6.38. The second kappa shape index (κ2) is 9.46. The highest BCUT2D eigenvalue weighted by Crippen LogP contribution is 2.28. The summed E-state index contributed by atoms with van der Waals surface area (Å²) in [5, 5.41) is 3.47. The zero-order chi connectivity index (χ0) is 14.5. The first-order valence-electron chi connectivity index (χ1n) is 9.38. The molecule has 1 saturated carbocycles. The molecule has 4 heteroatoms. The summed E-state index contributed by atoms with van der Waals surface area (Å²) in [6.45, 7) is 8.69. The number of likely N-dealkylation sites (tertiary alicyclic amines) is 1. The normalized spacial score (nSPS) is 32.6. The van der Waals surface area contributed by atoms with Gasteiger partial charge in [-0.1, -0.05) is 6.92 Å². The Bertz CT molecular complexity index is 293. The van der Waals surface area contributed by atoms with E-state index >= 15 is 0 Å². The van der Waals surface area contributed by atoms with Crippen molar-refractivity contribution in [3.05, 3.63) is 0 Å². The van der Waals surface area contributed by atoms with Gasteiger partial charge in [-0.05, 0) is 76.3 Å². The third-order valence-corrected chi connectivity index (χ3v) is 5.86. The highest BCUT2D eigenvalue weighted by molar-refractivity contribution is 5.85. The number of hydrogen-bond donors (Lipinski definition) is 1. The average Bonchev–Trinajstić information content (AvgIpc) is 2.53. The summed E-state index contributed by atoms with van der Waals surface area (Å²) in [5.41, 5.74) is 0. The van der Waals surface area contributed by atoms with Gasteiger partial charge in [-0.2, -0.15) is 0 Å². The Hall–Kier alpha value is 0.170. The van der Waals surface area contributed by atoms with Crippen LogP contribution in [0.2, 0.25) is 0 Å². The van der Waals surface area contributed by atoms with Crippen LogP contribution in [0.1, 0.15) is 58.3 Å². The van der Waals surface area contributed by atoms with Crippen molar-refractivity contribution in [1.29, 1.82) is 0 Å². The van der Waals surface area contributed by atoms with E-state index in [1.54, 1.807) is 0 Å². The van der Waals surface area contributed by atoms with Crippen molar-refractivity contribution in [2.24, 2.45) is 11.8 Å². The van der Waals surface area contributed by atoms with Crippen LogP contribution in [-0.4, -0.2) is 49.8 Å². The molecule has 0 aromatic heterocycles. The van der Waals surface area contributed by atoms with Gasteiger partial charge in [0.25, 0.3) is 0 Å². The third-order valence-electron chi connectivity index (χ3n) is 5.86. The van der Waals surface area contributed by atoms with Gasteiger partial charge in [0.1, 0.15) is 0 Å². The molecule has 0 unspecified atom stereocenters. The monoisotopic (exact) mass is 330 g/mol. The van der Waals surface area contributed by atoms with Gasteiger partial charge in [0.05, 0.1) is 12.2 Å². The fourth-order valence-corrected chi connectivity index (χ4v) is 4.30. The van der Waals surface area contributed by atoms with E-state index in [4.69, 9.17) is 4.74 Å². The molecular weight excluding hydrogens is 296 g/mol. The molecule has 3 rings (SSSR count). The molecule has 2 heterocycles. The quantitative estimate of drug-likeness (QED) is 0.854. The standard InChI is InChI=1S/C18H34N2O.ClH/c1-15-2-4-17(5-3-15)21-18-8-12-20(13-9-18)14-16-6-10-19-11-7-16;/h15-19H,2-14H2,1H3;1H. The molecule has 3 nitrogen and oxygen atoms in total. The Labute approximate surface area is 143 Å². The molecule has 2 saturated heterocycles. The van der Waals surface area contributed by atoms with Gasteiger partial charge in [0, 0.05) is 19.6 Å². The van der Waals surface area contributed by atoms with E-state index < -0.39 is 0 Å². The van der Waals surface area contributed by atoms with Crippen molar-refractivity contribution < 1.29 is 4.74 Å². The van der Waals surface area contributed by atoms with Crippen molar-refractivity contribution in [3.63, 3.8) is 0 Å². The zero-order valence-electron chi connectivity index (χ0n) is 14.3. The Morgan fingerprint density at radius 1 is 0.864 bits per heavy atom. The van der Waals surface area contributed by atoms with Crippen molar-refractivity contribution in [2.45, 2.75) is 70.5 Å². The molecule has 22 heavy (non-hydrogen) atoms. The van der Waals surface area contributed by atoms with E-state index in [9.17, 15) is 0 Å². The molecule has 3 fully saturated rings. The van der Waals surface area contributed by atoms with Crippen LogP contribution in [0.25, 0.3) is 0 Å². The maximum Gasteiger partial charge on any atom is 0.0603 e. The van der Waals surface area contributed by atoms with E-state index in [0.29, 0.717) is 12.2 Å². The van der Waals surface area contributed by atoms with Crippen molar-refractivity contribution in [2.75, 3.05) is 32.7 Å². The number of piperidine rings is 2. The highest BCUT2D eigenvalue weighted by atomic mass is 35.5. The molecule has 0 atom stereocenters. The van der Waals surface area contributed by atoms with Gasteiger partial charge in [0.2, 0.25) is 0 Å². The zero-order valence-corrected chi connectivity index (χ0v) is 15.1. The third kappa shape index (κ3) is 5.67. The number of ether oxygens (including phenoxy) is 1. The van der Waals surface area contributed by atoms with E-state index in [1.165, 1.54) is 84.1 Å². The van der Waals surface area contributed by atoms with Crippen LogP contribution < -0.4 is 5.32 Å². The van der Waals surface area contributed by atoms with Gasteiger partial charge in [-0.3, -0.25) is 0 Å². The average molecular weight is 331 g/mol. The Balaban J connectivity index is 0.00000176. The molecule has 0 amide bonds. The van der Waals surface area contributed by atoms with E-state index in [1.807, 2.05) is 0 Å². The van der Waals surface area contributed by atoms with Gasteiger partial charge in [-0.15, -0.1) is 12.4 Å². The number of halogens is 1. The minimum absolute atomic E-state index is 0. The second-order valence-electron chi connectivity index (χ2n) is 7.71. The van der Waals surface area contributed by atoms with E-state index in [2.05, 4.69) is 17.1 Å². The van der Waals surface area contributed by atoms with Crippen molar-refractivity contribution >= 4 is 12.4 Å². The summed E-state index contributed by atoms with van der Waals surface area (Å²) < 4.78 is 6.38. The lowest BCUT2D eigenvalue weighted by molar-refractivity contribution is -0.0614. The topological polar surface area (TPSA) is 24.5 Å². The lowest BCUT2D eigenvalue weighted by Gasteiger charge is -2.37. The van der Waals surface area contributed by atoms with Crippen LogP contribution in [0.5, 0.6) is 0 Å². The fourth-order valence-electron chi connectivity index (χ4n) is 4.30. The van der Waals surface area contributed by atoms with Crippen LogP contribution in [0.15, 0.2) is 0 Å². The van der Waals surface area contributed by atoms with Gasteiger partial charge in [0.15, 0.2) is 0 Å². The highest BCUT2D eigenvalue weighted by Gasteiger charge is 2.26. The predicted molar refractivity (Wildman–Crippen MR) is 94.8 cm³/mol. The van der Waals surface area contributed by atoms with Gasteiger partial charge in [-0.25, -0.2) is 0 Å². The summed E-state index contributed by atoms with van der Waals surface area (Å²) in [6.07, 6.45) is 11.7. The molecule has 1 aliphatic carbocycles. The SMILES string of the molecule is CC1CCC(OC2CCN(CC3CCNCC3)CC2)CC1.Cl. The number of nitrogens with one attached hydrogen (secondary N) is 1.